The molecular formula is C11H17N3O. The zero-order chi connectivity index (χ0) is 10.8. The fraction of sp³-hybridized carbons (Fsp3) is 0.818. The summed E-state index contributed by atoms with van der Waals surface area (Å²) in [5.74, 6) is 0.363. The number of rotatable bonds is 2. The van der Waals surface area contributed by atoms with E-state index in [4.69, 9.17) is 11.0 Å². The van der Waals surface area contributed by atoms with E-state index >= 15 is 0 Å². The van der Waals surface area contributed by atoms with Crippen LogP contribution >= 0.6 is 0 Å². The Morgan fingerprint density at radius 1 is 1.40 bits per heavy atom. The lowest BCUT2D eigenvalue weighted by atomic mass is 10.0. The first-order valence-electron chi connectivity index (χ1n) is 5.69. The van der Waals surface area contributed by atoms with E-state index in [0.29, 0.717) is 12.5 Å². The number of hydrogen-bond donors (Lipinski definition) is 1. The van der Waals surface area contributed by atoms with Crippen LogP contribution in [0.15, 0.2) is 0 Å². The standard InChI is InChI=1S/C11H17N3O/c12-7-9-3-1-2-6-14(9)11(15)10(13)8-4-5-8/h8-10H,1-6,13H2/t9?,10-/m1/s1. The van der Waals surface area contributed by atoms with Gasteiger partial charge in [-0.1, -0.05) is 0 Å². The minimum Gasteiger partial charge on any atom is -0.325 e. The molecule has 15 heavy (non-hydrogen) atoms. The maximum atomic E-state index is 12.0. The van der Waals surface area contributed by atoms with Crippen molar-refractivity contribution in [3.05, 3.63) is 0 Å². The van der Waals surface area contributed by atoms with Gasteiger partial charge in [0.05, 0.1) is 12.1 Å². The molecule has 4 nitrogen and oxygen atoms in total. The van der Waals surface area contributed by atoms with Crippen LogP contribution < -0.4 is 5.73 Å². The highest BCUT2D eigenvalue weighted by Crippen LogP contribution is 2.33. The minimum absolute atomic E-state index is 0.0104. The predicted molar refractivity (Wildman–Crippen MR) is 55.7 cm³/mol. The van der Waals surface area contributed by atoms with Crippen molar-refractivity contribution in [2.45, 2.75) is 44.2 Å². The molecular weight excluding hydrogens is 190 g/mol. The molecule has 0 aromatic carbocycles. The molecule has 1 saturated heterocycles. The van der Waals surface area contributed by atoms with Crippen LogP contribution in [-0.2, 0) is 4.79 Å². The summed E-state index contributed by atoms with van der Waals surface area (Å²) in [4.78, 5) is 13.7. The smallest absolute Gasteiger partial charge is 0.240 e. The summed E-state index contributed by atoms with van der Waals surface area (Å²) >= 11 is 0. The number of carbonyl (C=O) groups is 1. The summed E-state index contributed by atoms with van der Waals surface area (Å²) in [6, 6.07) is 1.60. The quantitative estimate of drug-likeness (QED) is 0.722. The van der Waals surface area contributed by atoms with Gasteiger partial charge in [0.1, 0.15) is 6.04 Å². The first-order chi connectivity index (χ1) is 7.24. The number of nitriles is 1. The molecule has 2 aliphatic rings. The van der Waals surface area contributed by atoms with Gasteiger partial charge in [-0.25, -0.2) is 0 Å². The number of carbonyl (C=O) groups excluding carboxylic acids is 1. The van der Waals surface area contributed by atoms with Crippen LogP contribution in [0.1, 0.15) is 32.1 Å². The Hall–Kier alpha value is -1.08. The summed E-state index contributed by atoms with van der Waals surface area (Å²) in [5.41, 5.74) is 5.87. The Morgan fingerprint density at radius 3 is 2.73 bits per heavy atom. The summed E-state index contributed by atoms with van der Waals surface area (Å²) in [5, 5.41) is 8.96. The van der Waals surface area contributed by atoms with Gasteiger partial charge in [-0.05, 0) is 38.0 Å². The van der Waals surface area contributed by atoms with Gasteiger partial charge in [-0.2, -0.15) is 5.26 Å². The van der Waals surface area contributed by atoms with E-state index in [0.717, 1.165) is 32.1 Å². The molecule has 2 N–H and O–H groups in total. The van der Waals surface area contributed by atoms with Gasteiger partial charge in [-0.3, -0.25) is 4.79 Å². The highest BCUT2D eigenvalue weighted by Gasteiger charge is 2.38. The van der Waals surface area contributed by atoms with Crippen LogP contribution in [0.5, 0.6) is 0 Å². The maximum Gasteiger partial charge on any atom is 0.240 e. The van der Waals surface area contributed by atoms with Crippen LogP contribution in [0.2, 0.25) is 0 Å². The number of amides is 1. The SMILES string of the molecule is N#CC1CCCCN1C(=O)[C@H](N)C1CC1. The monoisotopic (exact) mass is 207 g/mol. The fourth-order valence-electron chi connectivity index (χ4n) is 2.18. The largest absolute Gasteiger partial charge is 0.325 e. The zero-order valence-electron chi connectivity index (χ0n) is 8.85. The molecule has 1 unspecified atom stereocenters. The first-order valence-corrected chi connectivity index (χ1v) is 5.69. The summed E-state index contributed by atoms with van der Waals surface area (Å²) in [6.45, 7) is 0.706. The molecule has 1 heterocycles. The third-order valence-corrected chi connectivity index (χ3v) is 3.35. The second-order valence-electron chi connectivity index (χ2n) is 4.54. The molecule has 4 heteroatoms. The zero-order valence-corrected chi connectivity index (χ0v) is 8.85. The van der Waals surface area contributed by atoms with Crippen molar-refractivity contribution < 1.29 is 4.79 Å². The van der Waals surface area contributed by atoms with Crippen LogP contribution in [0, 0.1) is 17.2 Å². The van der Waals surface area contributed by atoms with E-state index in [2.05, 4.69) is 6.07 Å². The topological polar surface area (TPSA) is 70.1 Å². The van der Waals surface area contributed by atoms with Crippen LogP contribution in [0.25, 0.3) is 0 Å². The minimum atomic E-state index is -0.362. The van der Waals surface area contributed by atoms with Crippen molar-refractivity contribution in [1.82, 2.24) is 4.90 Å². The van der Waals surface area contributed by atoms with Crippen molar-refractivity contribution >= 4 is 5.91 Å². The normalized spacial score (nSPS) is 28.3. The lowest BCUT2D eigenvalue weighted by Crippen LogP contribution is -2.51. The van der Waals surface area contributed by atoms with Gasteiger partial charge in [0.15, 0.2) is 0 Å². The number of nitrogens with two attached hydrogens (primary N) is 1. The van der Waals surface area contributed by atoms with E-state index in [1.807, 2.05) is 0 Å². The second-order valence-corrected chi connectivity index (χ2v) is 4.54. The first kappa shape index (κ1) is 10.4. The number of likely N-dealkylation sites (tertiary alicyclic amines) is 1. The lowest BCUT2D eigenvalue weighted by molar-refractivity contribution is -0.135. The van der Waals surface area contributed by atoms with E-state index in [1.165, 1.54) is 0 Å². The Labute approximate surface area is 90.0 Å². The van der Waals surface area contributed by atoms with Gasteiger partial charge < -0.3 is 10.6 Å². The summed E-state index contributed by atoms with van der Waals surface area (Å²) < 4.78 is 0. The molecule has 0 spiro atoms. The summed E-state index contributed by atoms with van der Waals surface area (Å²) in [7, 11) is 0. The van der Waals surface area contributed by atoms with Crippen molar-refractivity contribution in [3.8, 4) is 6.07 Å². The molecule has 1 saturated carbocycles. The third kappa shape index (κ3) is 2.13. The van der Waals surface area contributed by atoms with Gasteiger partial charge in [0.25, 0.3) is 0 Å². The molecule has 1 aliphatic heterocycles. The lowest BCUT2D eigenvalue weighted by Gasteiger charge is -2.33. The molecule has 2 rings (SSSR count). The van der Waals surface area contributed by atoms with Gasteiger partial charge in [0.2, 0.25) is 5.91 Å². The molecule has 0 radical (unpaired) electrons. The van der Waals surface area contributed by atoms with Gasteiger partial charge >= 0.3 is 0 Å². The highest BCUT2D eigenvalue weighted by atomic mass is 16.2. The summed E-state index contributed by atoms with van der Waals surface area (Å²) in [6.07, 6.45) is 4.98. The van der Waals surface area contributed by atoms with Crippen molar-refractivity contribution in [3.63, 3.8) is 0 Å². The van der Waals surface area contributed by atoms with Crippen LogP contribution in [-0.4, -0.2) is 29.4 Å². The Balaban J connectivity index is 2.00. The molecule has 0 aromatic rings. The van der Waals surface area contributed by atoms with Crippen LogP contribution in [0.3, 0.4) is 0 Å². The van der Waals surface area contributed by atoms with Crippen molar-refractivity contribution in [2.24, 2.45) is 11.7 Å². The second kappa shape index (κ2) is 4.19. The number of nitrogens with zero attached hydrogens (tertiary/aromatic N) is 2. The Bertz CT molecular complexity index is 293. The van der Waals surface area contributed by atoms with E-state index < -0.39 is 0 Å². The Kier molecular flexibility index (Phi) is 2.92. The molecule has 0 aromatic heterocycles. The Morgan fingerprint density at radius 2 is 2.13 bits per heavy atom. The molecule has 2 atom stereocenters. The van der Waals surface area contributed by atoms with E-state index in [-0.39, 0.29) is 18.0 Å². The van der Waals surface area contributed by atoms with E-state index in [1.54, 1.807) is 4.90 Å². The number of hydrogen-bond acceptors (Lipinski definition) is 3. The van der Waals surface area contributed by atoms with E-state index in [9.17, 15) is 4.79 Å². The maximum absolute atomic E-state index is 12.0. The van der Waals surface area contributed by atoms with Gasteiger partial charge in [-0.15, -0.1) is 0 Å². The molecule has 2 fully saturated rings. The fourth-order valence-corrected chi connectivity index (χ4v) is 2.18. The molecule has 1 aliphatic carbocycles. The third-order valence-electron chi connectivity index (χ3n) is 3.35. The molecule has 0 bridgehead atoms. The van der Waals surface area contributed by atoms with Crippen molar-refractivity contribution in [2.75, 3.05) is 6.54 Å². The van der Waals surface area contributed by atoms with Crippen LogP contribution in [0.4, 0.5) is 0 Å². The molecule has 1 amide bonds. The molecule has 82 valence electrons. The van der Waals surface area contributed by atoms with Gasteiger partial charge in [0, 0.05) is 6.54 Å². The predicted octanol–water partition coefficient (Wildman–Crippen LogP) is 0.628. The average molecular weight is 207 g/mol. The average Bonchev–Trinajstić information content (AvgIpc) is 3.11. The number of piperidine rings is 1. The highest BCUT2D eigenvalue weighted by molar-refractivity contribution is 5.83. The van der Waals surface area contributed by atoms with Crippen molar-refractivity contribution in [1.29, 1.82) is 5.26 Å².